The Morgan fingerprint density at radius 2 is 1.68 bits per heavy atom. The number of H-pyrrole nitrogens is 1. The lowest BCUT2D eigenvalue weighted by atomic mass is 10.00. The zero-order chi connectivity index (χ0) is 22.1. The van der Waals surface area contributed by atoms with Crippen LogP contribution >= 0.6 is 11.6 Å². The molecule has 0 aliphatic carbocycles. The highest BCUT2D eigenvalue weighted by Gasteiger charge is 2.20. The standard InChI is InChI=1S/C24H25ClN4O2/c1-14(2)10-17-6-9-20-19(12-17)26-21-22(27-24(31)28-23(21)30)29(20)13-15(3)11-16-4-7-18(25)8-5-16/h4-9,12,14-15H,10-11,13H2,1-3H3,(H,28,30,31). The van der Waals surface area contributed by atoms with Crippen molar-refractivity contribution in [1.29, 1.82) is 0 Å². The molecule has 0 bridgehead atoms. The number of benzene rings is 2. The lowest BCUT2D eigenvalue weighted by Gasteiger charge is -2.21. The Labute approximate surface area is 185 Å². The van der Waals surface area contributed by atoms with Crippen LogP contribution in [0.15, 0.2) is 52.1 Å². The van der Waals surface area contributed by atoms with Crippen LogP contribution in [0.5, 0.6) is 0 Å². The quantitative estimate of drug-likeness (QED) is 0.456. The highest BCUT2D eigenvalue weighted by atomic mass is 35.5. The van der Waals surface area contributed by atoms with Gasteiger partial charge in [-0.3, -0.25) is 9.78 Å². The van der Waals surface area contributed by atoms with Gasteiger partial charge in [0.2, 0.25) is 0 Å². The van der Waals surface area contributed by atoms with Gasteiger partial charge in [0.25, 0.3) is 5.56 Å². The largest absolute Gasteiger partial charge is 0.349 e. The van der Waals surface area contributed by atoms with E-state index < -0.39 is 11.2 Å². The van der Waals surface area contributed by atoms with Crippen LogP contribution in [0.2, 0.25) is 5.02 Å². The third-order valence-corrected chi connectivity index (χ3v) is 5.56. The van der Waals surface area contributed by atoms with Crippen LogP contribution in [0, 0.1) is 11.8 Å². The SMILES string of the molecule is CC(C)Cc1ccc2c(c1)nc1c(=O)[nH]c(=O)nc-1n2CC(C)Cc1ccc(Cl)cc1. The number of halogens is 1. The summed E-state index contributed by atoms with van der Waals surface area (Å²) < 4.78 is 1.95. The van der Waals surface area contributed by atoms with Crippen molar-refractivity contribution in [2.45, 2.75) is 40.2 Å². The van der Waals surface area contributed by atoms with Crippen molar-refractivity contribution in [2.75, 3.05) is 0 Å². The highest BCUT2D eigenvalue weighted by Crippen LogP contribution is 2.25. The van der Waals surface area contributed by atoms with Crippen molar-refractivity contribution < 1.29 is 0 Å². The molecule has 2 aromatic rings. The number of rotatable bonds is 6. The Hall–Kier alpha value is -2.99. The van der Waals surface area contributed by atoms with Gasteiger partial charge in [-0.05, 0) is 60.1 Å². The Bertz CT molecular complexity index is 1310. The van der Waals surface area contributed by atoms with Crippen LogP contribution in [0.4, 0.5) is 0 Å². The molecule has 0 saturated heterocycles. The molecule has 1 atom stereocenters. The molecular weight excluding hydrogens is 412 g/mol. The molecule has 2 heterocycles. The van der Waals surface area contributed by atoms with Gasteiger partial charge in [-0.2, -0.15) is 4.98 Å². The molecule has 2 aliphatic heterocycles. The zero-order valence-corrected chi connectivity index (χ0v) is 18.6. The molecule has 6 nitrogen and oxygen atoms in total. The molecular formula is C24H25ClN4O2. The Morgan fingerprint density at radius 3 is 2.39 bits per heavy atom. The van der Waals surface area contributed by atoms with Crippen molar-refractivity contribution >= 4 is 22.6 Å². The molecule has 0 saturated carbocycles. The second kappa shape index (κ2) is 8.63. The monoisotopic (exact) mass is 436 g/mol. The number of aromatic amines is 1. The molecule has 0 radical (unpaired) electrons. The zero-order valence-electron chi connectivity index (χ0n) is 17.9. The topological polar surface area (TPSA) is 80.6 Å². The molecule has 2 aromatic carbocycles. The molecule has 160 valence electrons. The minimum Gasteiger partial charge on any atom is -0.322 e. The average molecular weight is 437 g/mol. The van der Waals surface area contributed by atoms with E-state index in [9.17, 15) is 9.59 Å². The summed E-state index contributed by atoms with van der Waals surface area (Å²) in [7, 11) is 0. The van der Waals surface area contributed by atoms with Crippen molar-refractivity contribution in [3.63, 3.8) is 0 Å². The van der Waals surface area contributed by atoms with E-state index in [0.29, 0.717) is 23.3 Å². The van der Waals surface area contributed by atoms with Crippen molar-refractivity contribution in [2.24, 2.45) is 11.8 Å². The normalized spacial score (nSPS) is 12.7. The summed E-state index contributed by atoms with van der Waals surface area (Å²) in [5.41, 5.74) is 2.96. The fraction of sp³-hybridized carbons (Fsp3) is 0.333. The molecule has 4 rings (SSSR count). The third-order valence-electron chi connectivity index (χ3n) is 5.31. The molecule has 0 aromatic heterocycles. The summed E-state index contributed by atoms with van der Waals surface area (Å²) in [4.78, 5) is 35.3. The van der Waals surface area contributed by atoms with E-state index in [0.717, 1.165) is 23.9 Å². The van der Waals surface area contributed by atoms with Gasteiger partial charge in [0, 0.05) is 11.6 Å². The lowest BCUT2D eigenvalue weighted by molar-refractivity contribution is 0.485. The van der Waals surface area contributed by atoms with E-state index in [4.69, 9.17) is 11.6 Å². The predicted molar refractivity (Wildman–Crippen MR) is 124 cm³/mol. The van der Waals surface area contributed by atoms with Crippen LogP contribution in [0.1, 0.15) is 31.9 Å². The number of aromatic nitrogens is 4. The van der Waals surface area contributed by atoms with E-state index in [1.807, 2.05) is 41.0 Å². The van der Waals surface area contributed by atoms with Crippen LogP contribution in [0.3, 0.4) is 0 Å². The Morgan fingerprint density at radius 1 is 0.968 bits per heavy atom. The molecule has 0 spiro atoms. The van der Waals surface area contributed by atoms with Crippen LogP contribution in [0.25, 0.3) is 22.6 Å². The van der Waals surface area contributed by atoms with Gasteiger partial charge in [-0.25, -0.2) is 9.78 Å². The van der Waals surface area contributed by atoms with Gasteiger partial charge in [0.1, 0.15) is 0 Å². The van der Waals surface area contributed by atoms with E-state index in [-0.39, 0.29) is 11.6 Å². The van der Waals surface area contributed by atoms with Crippen LogP contribution in [-0.4, -0.2) is 19.5 Å². The average Bonchev–Trinajstić information content (AvgIpc) is 2.70. The molecule has 7 heteroatoms. The van der Waals surface area contributed by atoms with Crippen molar-refractivity contribution in [3.05, 3.63) is 79.5 Å². The first-order valence-corrected chi connectivity index (χ1v) is 10.9. The summed E-state index contributed by atoms with van der Waals surface area (Å²) in [6.07, 6.45) is 1.76. The predicted octanol–water partition coefficient (Wildman–Crippen LogP) is 4.32. The second-order valence-corrected chi connectivity index (χ2v) is 9.06. The summed E-state index contributed by atoms with van der Waals surface area (Å²) in [5, 5.41) is 0.709. The summed E-state index contributed by atoms with van der Waals surface area (Å²) in [5.74, 6) is 1.06. The van der Waals surface area contributed by atoms with E-state index in [2.05, 4.69) is 41.8 Å². The first kappa shape index (κ1) is 21.2. The molecule has 0 fully saturated rings. The molecule has 1 unspecified atom stereocenters. The maximum Gasteiger partial charge on any atom is 0.349 e. The molecule has 1 N–H and O–H groups in total. The van der Waals surface area contributed by atoms with Gasteiger partial charge in [-0.1, -0.05) is 50.6 Å². The van der Waals surface area contributed by atoms with E-state index in [1.165, 1.54) is 11.1 Å². The van der Waals surface area contributed by atoms with Gasteiger partial charge < -0.3 is 4.57 Å². The Kier molecular flexibility index (Phi) is 5.92. The second-order valence-electron chi connectivity index (χ2n) is 8.62. The number of nitrogens with zero attached hydrogens (tertiary/aromatic N) is 3. The molecule has 2 aliphatic rings. The molecule has 31 heavy (non-hydrogen) atoms. The number of nitrogens with one attached hydrogen (secondary N) is 1. The maximum absolute atomic E-state index is 12.5. The van der Waals surface area contributed by atoms with E-state index >= 15 is 0 Å². The fourth-order valence-electron chi connectivity index (χ4n) is 4.03. The maximum atomic E-state index is 12.5. The number of hydrogen-bond acceptors (Lipinski definition) is 4. The van der Waals surface area contributed by atoms with Gasteiger partial charge in [0.15, 0.2) is 11.5 Å². The minimum atomic E-state index is -0.658. The van der Waals surface area contributed by atoms with Crippen LogP contribution in [-0.2, 0) is 19.4 Å². The minimum absolute atomic E-state index is 0.187. The first-order chi connectivity index (χ1) is 14.8. The lowest BCUT2D eigenvalue weighted by Crippen LogP contribution is -2.29. The van der Waals surface area contributed by atoms with Gasteiger partial charge in [0.05, 0.1) is 11.0 Å². The molecule has 0 amide bonds. The number of hydrogen-bond donors (Lipinski definition) is 1. The summed E-state index contributed by atoms with van der Waals surface area (Å²) in [6, 6.07) is 13.9. The summed E-state index contributed by atoms with van der Waals surface area (Å²) in [6.45, 7) is 7.07. The van der Waals surface area contributed by atoms with Crippen molar-refractivity contribution in [3.8, 4) is 11.5 Å². The van der Waals surface area contributed by atoms with Gasteiger partial charge >= 0.3 is 5.69 Å². The fourth-order valence-corrected chi connectivity index (χ4v) is 4.15. The smallest absolute Gasteiger partial charge is 0.322 e. The number of fused-ring (bicyclic) bond motifs is 2. The van der Waals surface area contributed by atoms with Crippen LogP contribution < -0.4 is 11.2 Å². The van der Waals surface area contributed by atoms with Gasteiger partial charge in [-0.15, -0.1) is 0 Å². The van der Waals surface area contributed by atoms with Crippen molar-refractivity contribution in [1.82, 2.24) is 19.5 Å². The third kappa shape index (κ3) is 4.69. The first-order valence-electron chi connectivity index (χ1n) is 10.5. The summed E-state index contributed by atoms with van der Waals surface area (Å²) >= 11 is 6.00. The van der Waals surface area contributed by atoms with E-state index in [1.54, 1.807) is 0 Å². The highest BCUT2D eigenvalue weighted by molar-refractivity contribution is 6.30. The Balaban J connectivity index is 1.81.